The summed E-state index contributed by atoms with van der Waals surface area (Å²) in [5, 5.41) is 4.17. The fourth-order valence-electron chi connectivity index (χ4n) is 3.77. The van der Waals surface area contributed by atoms with Gasteiger partial charge in [0.15, 0.2) is 11.5 Å². The maximum atomic E-state index is 13.2. The van der Waals surface area contributed by atoms with E-state index in [9.17, 15) is 9.18 Å². The first-order valence-electron chi connectivity index (χ1n) is 10.7. The lowest BCUT2D eigenvalue weighted by atomic mass is 10.1. The van der Waals surface area contributed by atoms with Crippen LogP contribution in [0.2, 0.25) is 0 Å². The van der Waals surface area contributed by atoms with Gasteiger partial charge in [-0.1, -0.05) is 6.07 Å². The van der Waals surface area contributed by atoms with Crippen LogP contribution in [0.15, 0.2) is 79.0 Å². The molecule has 0 saturated heterocycles. The number of nitrogens with one attached hydrogen (secondary N) is 1. The van der Waals surface area contributed by atoms with Crippen molar-refractivity contribution < 1.29 is 23.4 Å². The van der Waals surface area contributed by atoms with E-state index in [0.717, 1.165) is 5.39 Å². The molecule has 0 aliphatic carbocycles. The lowest BCUT2D eigenvalue weighted by Gasteiger charge is -2.12. The molecule has 0 fully saturated rings. The normalized spacial score (nSPS) is 10.8. The Hall–Kier alpha value is -4.72. The summed E-state index contributed by atoms with van der Waals surface area (Å²) >= 11 is 0. The molecule has 1 amide bonds. The molecule has 3 aromatic carbocycles. The highest BCUT2D eigenvalue weighted by Gasteiger charge is 2.14. The zero-order valence-corrected chi connectivity index (χ0v) is 18.9. The van der Waals surface area contributed by atoms with E-state index >= 15 is 0 Å². The summed E-state index contributed by atoms with van der Waals surface area (Å²) < 4.78 is 30.0. The molecule has 35 heavy (non-hydrogen) atoms. The van der Waals surface area contributed by atoms with Crippen molar-refractivity contribution in [2.45, 2.75) is 0 Å². The summed E-state index contributed by atoms with van der Waals surface area (Å²) in [5.74, 6) is 1.34. The van der Waals surface area contributed by atoms with Gasteiger partial charge in [0, 0.05) is 40.4 Å². The second-order valence-corrected chi connectivity index (χ2v) is 7.62. The summed E-state index contributed by atoms with van der Waals surface area (Å²) in [6.07, 6.45) is 1.64. The molecule has 174 valence electrons. The molecule has 8 heteroatoms. The quantitative estimate of drug-likeness (QED) is 0.329. The van der Waals surface area contributed by atoms with Gasteiger partial charge < -0.3 is 19.5 Å². The number of methoxy groups -OCH3 is 2. The number of benzene rings is 3. The summed E-state index contributed by atoms with van der Waals surface area (Å²) in [4.78, 5) is 21.8. The van der Waals surface area contributed by atoms with Gasteiger partial charge in [0.2, 0.25) is 5.88 Å². The zero-order valence-electron chi connectivity index (χ0n) is 18.9. The molecule has 0 aliphatic heterocycles. The standard InChI is InChI=1S/C27H20FN3O4/c1-33-24-14-20-22(15-25(24)34-2)29-13-12-23(20)35-26-11-10-18-19(4-3-5-21(18)31-26)27(32)30-17-8-6-16(28)7-9-17/h3-15H,1-2H3,(H,30,32). The Morgan fingerprint density at radius 2 is 1.60 bits per heavy atom. The Labute approximate surface area is 200 Å². The molecule has 0 spiro atoms. The third-order valence-corrected chi connectivity index (χ3v) is 5.47. The topological polar surface area (TPSA) is 82.6 Å². The van der Waals surface area contributed by atoms with E-state index in [4.69, 9.17) is 14.2 Å². The van der Waals surface area contributed by atoms with E-state index in [1.165, 1.54) is 24.3 Å². The van der Waals surface area contributed by atoms with Crippen molar-refractivity contribution in [1.29, 1.82) is 0 Å². The predicted octanol–water partition coefficient (Wildman–Crippen LogP) is 5.98. The van der Waals surface area contributed by atoms with E-state index in [-0.39, 0.29) is 11.7 Å². The molecule has 2 heterocycles. The number of ether oxygens (including phenoxy) is 3. The molecule has 0 aliphatic rings. The molecular weight excluding hydrogens is 449 g/mol. The van der Waals surface area contributed by atoms with E-state index in [0.29, 0.717) is 50.8 Å². The number of hydrogen-bond donors (Lipinski definition) is 1. The Balaban J connectivity index is 1.46. The number of fused-ring (bicyclic) bond motifs is 2. The molecular formula is C27H20FN3O4. The number of carbonyl (C=O) groups is 1. The fourth-order valence-corrected chi connectivity index (χ4v) is 3.77. The highest BCUT2D eigenvalue weighted by molar-refractivity contribution is 6.12. The molecule has 1 N–H and O–H groups in total. The van der Waals surface area contributed by atoms with Crippen LogP contribution < -0.4 is 19.5 Å². The minimum absolute atomic E-state index is 0.321. The monoisotopic (exact) mass is 469 g/mol. The van der Waals surface area contributed by atoms with Crippen molar-refractivity contribution in [1.82, 2.24) is 9.97 Å². The largest absolute Gasteiger partial charge is 0.493 e. The number of aromatic nitrogens is 2. The maximum absolute atomic E-state index is 13.2. The number of rotatable bonds is 6. The smallest absolute Gasteiger partial charge is 0.256 e. The summed E-state index contributed by atoms with van der Waals surface area (Å²) in [6.45, 7) is 0. The zero-order chi connectivity index (χ0) is 24.4. The van der Waals surface area contributed by atoms with Crippen LogP contribution in [0.25, 0.3) is 21.8 Å². The van der Waals surface area contributed by atoms with E-state index in [1.807, 2.05) is 0 Å². The maximum Gasteiger partial charge on any atom is 0.256 e. The van der Waals surface area contributed by atoms with E-state index < -0.39 is 0 Å². The second kappa shape index (κ2) is 9.26. The van der Waals surface area contributed by atoms with Crippen molar-refractivity contribution in [2.75, 3.05) is 19.5 Å². The molecule has 2 aromatic heterocycles. The molecule has 0 unspecified atom stereocenters. The second-order valence-electron chi connectivity index (χ2n) is 7.62. The molecule has 5 rings (SSSR count). The number of pyridine rings is 2. The van der Waals surface area contributed by atoms with Gasteiger partial charge in [-0.15, -0.1) is 0 Å². The van der Waals surface area contributed by atoms with Crippen LogP contribution in [0.3, 0.4) is 0 Å². The molecule has 0 bridgehead atoms. The van der Waals surface area contributed by atoms with Gasteiger partial charge in [0.1, 0.15) is 11.6 Å². The number of hydrogen-bond acceptors (Lipinski definition) is 6. The lowest BCUT2D eigenvalue weighted by Crippen LogP contribution is -2.12. The predicted molar refractivity (Wildman–Crippen MR) is 131 cm³/mol. The van der Waals surface area contributed by atoms with Crippen molar-refractivity contribution in [3.63, 3.8) is 0 Å². The van der Waals surface area contributed by atoms with Gasteiger partial charge in [-0.2, -0.15) is 0 Å². The van der Waals surface area contributed by atoms with Crippen LogP contribution in [-0.2, 0) is 0 Å². The van der Waals surface area contributed by atoms with Crippen LogP contribution in [0.1, 0.15) is 10.4 Å². The molecule has 0 saturated carbocycles. The first-order chi connectivity index (χ1) is 17.1. The van der Waals surface area contributed by atoms with Crippen LogP contribution in [0.4, 0.5) is 10.1 Å². The highest BCUT2D eigenvalue weighted by Crippen LogP contribution is 2.36. The van der Waals surface area contributed by atoms with Gasteiger partial charge in [-0.3, -0.25) is 9.78 Å². The SMILES string of the molecule is COc1cc2nccc(Oc3ccc4c(C(=O)Nc5ccc(F)cc5)cccc4n3)c2cc1OC. The fraction of sp³-hybridized carbons (Fsp3) is 0.0741. The van der Waals surface area contributed by atoms with Crippen molar-refractivity contribution in [3.8, 4) is 23.1 Å². The van der Waals surface area contributed by atoms with Crippen LogP contribution in [0, 0.1) is 5.82 Å². The summed E-state index contributed by atoms with van der Waals surface area (Å²) in [6, 6.07) is 19.7. The average molecular weight is 469 g/mol. The van der Waals surface area contributed by atoms with Gasteiger partial charge in [-0.05, 0) is 54.6 Å². The van der Waals surface area contributed by atoms with Gasteiger partial charge in [0.25, 0.3) is 5.91 Å². The number of nitrogens with zero attached hydrogens (tertiary/aromatic N) is 2. The lowest BCUT2D eigenvalue weighted by molar-refractivity contribution is 0.102. The minimum Gasteiger partial charge on any atom is -0.493 e. The summed E-state index contributed by atoms with van der Waals surface area (Å²) in [7, 11) is 3.13. The first-order valence-corrected chi connectivity index (χ1v) is 10.7. The minimum atomic E-state index is -0.371. The van der Waals surface area contributed by atoms with Crippen molar-refractivity contribution in [3.05, 3.63) is 90.4 Å². The van der Waals surface area contributed by atoms with E-state index in [1.54, 1.807) is 68.9 Å². The van der Waals surface area contributed by atoms with Gasteiger partial charge in [-0.25, -0.2) is 9.37 Å². The third kappa shape index (κ3) is 4.41. The molecule has 0 radical (unpaired) electrons. The Kier molecular flexibility index (Phi) is 5.85. The number of carbonyl (C=O) groups excluding carboxylic acids is 1. The molecule has 5 aromatic rings. The summed E-state index contributed by atoms with van der Waals surface area (Å²) in [5.41, 5.74) is 2.21. The van der Waals surface area contributed by atoms with Crippen molar-refractivity contribution >= 4 is 33.4 Å². The number of amides is 1. The van der Waals surface area contributed by atoms with E-state index in [2.05, 4.69) is 15.3 Å². The van der Waals surface area contributed by atoms with Crippen LogP contribution >= 0.6 is 0 Å². The Morgan fingerprint density at radius 3 is 2.37 bits per heavy atom. The molecule has 0 atom stereocenters. The Morgan fingerprint density at radius 1 is 0.829 bits per heavy atom. The van der Waals surface area contributed by atoms with Crippen LogP contribution in [0.5, 0.6) is 23.1 Å². The number of anilines is 1. The average Bonchev–Trinajstić information content (AvgIpc) is 2.88. The third-order valence-electron chi connectivity index (χ3n) is 5.47. The Bertz CT molecular complexity index is 1550. The first kappa shape index (κ1) is 22.1. The van der Waals surface area contributed by atoms with Crippen LogP contribution in [-0.4, -0.2) is 30.1 Å². The van der Waals surface area contributed by atoms with Gasteiger partial charge in [0.05, 0.1) is 25.3 Å². The van der Waals surface area contributed by atoms with Gasteiger partial charge >= 0.3 is 0 Å². The molecule has 7 nitrogen and oxygen atoms in total. The highest BCUT2D eigenvalue weighted by atomic mass is 19.1. The number of halogens is 1. The van der Waals surface area contributed by atoms with Crippen molar-refractivity contribution in [2.24, 2.45) is 0 Å².